The summed E-state index contributed by atoms with van der Waals surface area (Å²) >= 11 is 0. The van der Waals surface area contributed by atoms with E-state index in [2.05, 4.69) is 24.8 Å². The number of rotatable bonds is 12. The Balaban J connectivity index is 1.22. The van der Waals surface area contributed by atoms with Gasteiger partial charge in [0.15, 0.2) is 11.6 Å². The summed E-state index contributed by atoms with van der Waals surface area (Å²) in [7, 11) is 0. The topological polar surface area (TPSA) is 9.23 Å². The molecule has 2 aromatic rings. The maximum absolute atomic E-state index is 14.7. The molecule has 4 rings (SSSR count). The standard InChI is InChI=1S/C34H46F2O/c1-3-5-7-25-10-16-28(17-11-25)29-18-12-26(13-19-29)8-9-27-14-20-30(21-15-27)31-22-23-32(34(36)33(31)35)37-24-6-4-2/h3,14-15,20-23,25-26,28-29H,1,4-13,16-19,24H2,2H3. The Bertz CT molecular complexity index is 966. The van der Waals surface area contributed by atoms with Gasteiger partial charge < -0.3 is 4.74 Å². The van der Waals surface area contributed by atoms with Crippen molar-refractivity contribution in [2.75, 3.05) is 6.61 Å². The van der Waals surface area contributed by atoms with Gasteiger partial charge in [-0.25, -0.2) is 4.39 Å². The van der Waals surface area contributed by atoms with Gasteiger partial charge in [0, 0.05) is 5.56 Å². The van der Waals surface area contributed by atoms with Crippen molar-refractivity contribution in [3.8, 4) is 16.9 Å². The third-order valence-corrected chi connectivity index (χ3v) is 9.14. The average Bonchev–Trinajstić information content (AvgIpc) is 2.94. The molecule has 0 atom stereocenters. The fourth-order valence-electron chi connectivity index (χ4n) is 6.66. The Labute approximate surface area is 223 Å². The smallest absolute Gasteiger partial charge is 0.201 e. The van der Waals surface area contributed by atoms with Crippen molar-refractivity contribution in [1.82, 2.24) is 0 Å². The van der Waals surface area contributed by atoms with Crippen molar-refractivity contribution in [3.05, 3.63) is 66.3 Å². The van der Waals surface area contributed by atoms with Crippen LogP contribution in [0, 0.1) is 35.3 Å². The number of allylic oxidation sites excluding steroid dienone is 1. The fraction of sp³-hybridized carbons (Fsp3) is 0.588. The van der Waals surface area contributed by atoms with Gasteiger partial charge in [-0.15, -0.1) is 6.58 Å². The fourth-order valence-corrected chi connectivity index (χ4v) is 6.66. The molecule has 1 nitrogen and oxygen atoms in total. The monoisotopic (exact) mass is 508 g/mol. The van der Waals surface area contributed by atoms with Crippen LogP contribution in [0.3, 0.4) is 0 Å². The van der Waals surface area contributed by atoms with Crippen LogP contribution in [0.5, 0.6) is 5.75 Å². The molecule has 0 unspecified atom stereocenters. The summed E-state index contributed by atoms with van der Waals surface area (Å²) in [5.41, 5.74) is 2.28. The lowest BCUT2D eigenvalue weighted by Crippen LogP contribution is -2.26. The maximum Gasteiger partial charge on any atom is 0.201 e. The Hall–Kier alpha value is -2.16. The van der Waals surface area contributed by atoms with E-state index in [4.69, 9.17) is 4.74 Å². The Morgan fingerprint density at radius 2 is 1.43 bits per heavy atom. The molecular weight excluding hydrogens is 462 g/mol. The minimum atomic E-state index is -0.894. The number of hydrogen-bond donors (Lipinski definition) is 0. The molecule has 2 aromatic carbocycles. The molecule has 2 aliphatic carbocycles. The maximum atomic E-state index is 14.7. The first kappa shape index (κ1) is 27.9. The van der Waals surface area contributed by atoms with Gasteiger partial charge in [-0.3, -0.25) is 0 Å². The van der Waals surface area contributed by atoms with E-state index < -0.39 is 11.6 Å². The predicted octanol–water partition coefficient (Wildman–Crippen LogP) is 10.3. The highest BCUT2D eigenvalue weighted by Gasteiger charge is 2.30. The van der Waals surface area contributed by atoms with Crippen molar-refractivity contribution < 1.29 is 13.5 Å². The highest BCUT2D eigenvalue weighted by molar-refractivity contribution is 5.65. The molecule has 0 spiro atoms. The van der Waals surface area contributed by atoms with Gasteiger partial charge in [-0.2, -0.15) is 4.39 Å². The SMILES string of the molecule is C=CCCC1CCC(C2CCC(CCc3ccc(-c4ccc(OCCCC)c(F)c4F)cc3)CC2)CC1. The van der Waals surface area contributed by atoms with Gasteiger partial charge in [0.1, 0.15) is 0 Å². The second-order valence-electron chi connectivity index (χ2n) is 11.6. The summed E-state index contributed by atoms with van der Waals surface area (Å²) in [6, 6.07) is 11.2. The largest absolute Gasteiger partial charge is 0.490 e. The summed E-state index contributed by atoms with van der Waals surface area (Å²) in [6.45, 7) is 6.32. The number of benzene rings is 2. The summed E-state index contributed by atoms with van der Waals surface area (Å²) in [5, 5.41) is 0. The zero-order valence-electron chi connectivity index (χ0n) is 22.8. The second-order valence-corrected chi connectivity index (χ2v) is 11.6. The van der Waals surface area contributed by atoms with Crippen LogP contribution in [-0.2, 0) is 6.42 Å². The van der Waals surface area contributed by atoms with E-state index in [9.17, 15) is 8.78 Å². The van der Waals surface area contributed by atoms with E-state index >= 15 is 0 Å². The minimum absolute atomic E-state index is 0.00256. The summed E-state index contributed by atoms with van der Waals surface area (Å²) < 4.78 is 34.6. The van der Waals surface area contributed by atoms with Crippen molar-refractivity contribution in [1.29, 1.82) is 0 Å². The quantitative estimate of drug-likeness (QED) is 0.205. The van der Waals surface area contributed by atoms with E-state index in [1.807, 2.05) is 19.1 Å². The van der Waals surface area contributed by atoms with E-state index in [1.54, 1.807) is 12.1 Å². The molecule has 2 aliphatic rings. The van der Waals surface area contributed by atoms with Crippen LogP contribution in [0.4, 0.5) is 8.78 Å². The van der Waals surface area contributed by atoms with Crippen LogP contribution in [-0.4, -0.2) is 6.61 Å². The molecule has 0 saturated heterocycles. The summed E-state index contributed by atoms with van der Waals surface area (Å²) in [6.07, 6.45) is 20.0. The predicted molar refractivity (Wildman–Crippen MR) is 151 cm³/mol. The minimum Gasteiger partial charge on any atom is -0.490 e. The van der Waals surface area contributed by atoms with E-state index in [0.29, 0.717) is 17.7 Å². The van der Waals surface area contributed by atoms with Gasteiger partial charge in [0.2, 0.25) is 5.82 Å². The molecule has 0 aromatic heterocycles. The van der Waals surface area contributed by atoms with Crippen LogP contribution in [0.15, 0.2) is 49.1 Å². The van der Waals surface area contributed by atoms with Crippen LogP contribution >= 0.6 is 0 Å². The number of ether oxygens (including phenoxy) is 1. The first-order valence-corrected chi connectivity index (χ1v) is 14.9. The molecule has 202 valence electrons. The van der Waals surface area contributed by atoms with Gasteiger partial charge in [-0.05, 0) is 105 Å². The van der Waals surface area contributed by atoms with Crippen LogP contribution < -0.4 is 4.74 Å². The zero-order chi connectivity index (χ0) is 26.0. The average molecular weight is 509 g/mol. The van der Waals surface area contributed by atoms with Gasteiger partial charge in [0.05, 0.1) is 6.61 Å². The number of aryl methyl sites for hydroxylation is 1. The molecule has 0 heterocycles. The third kappa shape index (κ3) is 7.68. The molecule has 0 amide bonds. The molecule has 0 N–H and O–H groups in total. The van der Waals surface area contributed by atoms with Crippen LogP contribution in [0.1, 0.15) is 96.0 Å². The van der Waals surface area contributed by atoms with Crippen molar-refractivity contribution in [3.63, 3.8) is 0 Å². The van der Waals surface area contributed by atoms with Gasteiger partial charge in [-0.1, -0.05) is 69.4 Å². The zero-order valence-corrected chi connectivity index (χ0v) is 22.8. The van der Waals surface area contributed by atoms with Crippen LogP contribution in [0.25, 0.3) is 11.1 Å². The normalized spacial score (nSPS) is 24.1. The molecule has 0 bridgehead atoms. The molecule has 0 radical (unpaired) electrons. The van der Waals surface area contributed by atoms with E-state index in [-0.39, 0.29) is 5.75 Å². The van der Waals surface area contributed by atoms with E-state index in [1.165, 1.54) is 76.2 Å². The molecule has 2 fully saturated rings. The van der Waals surface area contributed by atoms with Crippen molar-refractivity contribution >= 4 is 0 Å². The Kier molecular flexibility index (Phi) is 10.6. The first-order chi connectivity index (χ1) is 18.1. The lowest BCUT2D eigenvalue weighted by Gasteiger charge is -2.38. The number of unbranched alkanes of at least 4 members (excludes halogenated alkanes) is 1. The lowest BCUT2D eigenvalue weighted by molar-refractivity contribution is 0.141. The number of halogens is 2. The third-order valence-electron chi connectivity index (χ3n) is 9.14. The van der Waals surface area contributed by atoms with Crippen LogP contribution in [0.2, 0.25) is 0 Å². The molecule has 37 heavy (non-hydrogen) atoms. The molecular formula is C34H46F2O. The summed E-state index contributed by atoms with van der Waals surface area (Å²) in [4.78, 5) is 0. The van der Waals surface area contributed by atoms with Gasteiger partial charge in [0.25, 0.3) is 0 Å². The lowest BCUT2D eigenvalue weighted by atomic mass is 9.68. The molecule has 2 saturated carbocycles. The van der Waals surface area contributed by atoms with Crippen molar-refractivity contribution in [2.45, 2.75) is 96.8 Å². The molecule has 3 heteroatoms. The van der Waals surface area contributed by atoms with E-state index in [0.717, 1.165) is 42.9 Å². The number of hydrogen-bond acceptors (Lipinski definition) is 1. The first-order valence-electron chi connectivity index (χ1n) is 14.9. The highest BCUT2D eigenvalue weighted by Crippen LogP contribution is 2.43. The second kappa shape index (κ2) is 14.1. The van der Waals surface area contributed by atoms with Crippen molar-refractivity contribution in [2.24, 2.45) is 23.7 Å². The Morgan fingerprint density at radius 3 is 2.03 bits per heavy atom. The Morgan fingerprint density at radius 1 is 0.811 bits per heavy atom. The summed E-state index contributed by atoms with van der Waals surface area (Å²) in [5.74, 6) is 1.96. The highest BCUT2D eigenvalue weighted by atomic mass is 19.2. The van der Waals surface area contributed by atoms with Gasteiger partial charge >= 0.3 is 0 Å². The molecule has 0 aliphatic heterocycles.